The van der Waals surface area contributed by atoms with Gasteiger partial charge in [0.25, 0.3) is 0 Å². The molecule has 2 unspecified atom stereocenters. The highest BCUT2D eigenvalue weighted by molar-refractivity contribution is 8.01. The molecule has 2 fully saturated rings. The SMILES string of the molecule is CC(C)C(SC1CCCC1)C(=O)N1CCCC(C(N)=O)C1. The van der Waals surface area contributed by atoms with E-state index in [1.807, 2.05) is 16.7 Å². The van der Waals surface area contributed by atoms with Crippen molar-refractivity contribution in [1.82, 2.24) is 4.90 Å². The molecule has 5 heteroatoms. The minimum atomic E-state index is -0.267. The second-order valence-corrected chi connectivity index (χ2v) is 8.18. The minimum absolute atomic E-state index is 0.0275. The van der Waals surface area contributed by atoms with Crippen LogP contribution in [0.1, 0.15) is 52.4 Å². The standard InChI is InChI=1S/C16H28N2O2S/c1-11(2)14(21-13-7-3-4-8-13)16(20)18-9-5-6-12(10-18)15(17)19/h11-14H,3-10H2,1-2H3,(H2,17,19). The maximum absolute atomic E-state index is 12.8. The zero-order valence-corrected chi connectivity index (χ0v) is 14.0. The predicted octanol–water partition coefficient (Wildman–Crippen LogP) is 2.41. The number of likely N-dealkylation sites (tertiary alicyclic amines) is 1. The molecule has 2 N–H and O–H groups in total. The highest BCUT2D eigenvalue weighted by Crippen LogP contribution is 2.36. The Labute approximate surface area is 132 Å². The molecular formula is C16H28N2O2S. The van der Waals surface area contributed by atoms with E-state index >= 15 is 0 Å². The number of nitrogens with two attached hydrogens (primary N) is 1. The van der Waals surface area contributed by atoms with Crippen molar-refractivity contribution in [3.8, 4) is 0 Å². The van der Waals surface area contributed by atoms with Crippen molar-refractivity contribution < 1.29 is 9.59 Å². The van der Waals surface area contributed by atoms with E-state index in [2.05, 4.69) is 13.8 Å². The molecule has 1 aliphatic carbocycles. The van der Waals surface area contributed by atoms with E-state index in [4.69, 9.17) is 5.73 Å². The van der Waals surface area contributed by atoms with Crippen molar-refractivity contribution >= 4 is 23.6 Å². The third-order valence-electron chi connectivity index (χ3n) is 4.63. The summed E-state index contributed by atoms with van der Waals surface area (Å²) >= 11 is 1.86. The van der Waals surface area contributed by atoms with Gasteiger partial charge in [0.05, 0.1) is 11.2 Å². The monoisotopic (exact) mass is 312 g/mol. The van der Waals surface area contributed by atoms with Gasteiger partial charge in [-0.05, 0) is 31.6 Å². The van der Waals surface area contributed by atoms with Crippen molar-refractivity contribution in [1.29, 1.82) is 0 Å². The van der Waals surface area contributed by atoms with E-state index in [0.717, 1.165) is 19.4 Å². The molecule has 0 aromatic rings. The summed E-state index contributed by atoms with van der Waals surface area (Å²) in [6.07, 6.45) is 6.78. The Morgan fingerprint density at radius 2 is 1.81 bits per heavy atom. The van der Waals surface area contributed by atoms with Gasteiger partial charge in [-0.3, -0.25) is 9.59 Å². The van der Waals surface area contributed by atoms with Gasteiger partial charge >= 0.3 is 0 Å². The van der Waals surface area contributed by atoms with Crippen molar-refractivity contribution in [2.45, 2.75) is 62.9 Å². The summed E-state index contributed by atoms with van der Waals surface area (Å²) < 4.78 is 0. The molecule has 2 rings (SSSR count). The summed E-state index contributed by atoms with van der Waals surface area (Å²) in [5, 5.41) is 0.665. The van der Waals surface area contributed by atoms with Crippen LogP contribution in [0.4, 0.5) is 0 Å². The Hall–Kier alpha value is -0.710. The van der Waals surface area contributed by atoms with E-state index < -0.39 is 0 Å². The topological polar surface area (TPSA) is 63.4 Å². The molecular weight excluding hydrogens is 284 g/mol. The normalized spacial score (nSPS) is 25.3. The molecule has 2 aliphatic rings. The minimum Gasteiger partial charge on any atom is -0.369 e. The van der Waals surface area contributed by atoms with E-state index in [9.17, 15) is 9.59 Å². The maximum Gasteiger partial charge on any atom is 0.235 e. The molecule has 0 bridgehead atoms. The van der Waals surface area contributed by atoms with Crippen molar-refractivity contribution in [2.75, 3.05) is 13.1 Å². The zero-order chi connectivity index (χ0) is 15.4. The number of carbonyl (C=O) groups excluding carboxylic acids is 2. The number of carbonyl (C=O) groups is 2. The Morgan fingerprint density at radius 3 is 2.38 bits per heavy atom. The second kappa shape index (κ2) is 7.52. The van der Waals surface area contributed by atoms with Gasteiger partial charge in [-0.15, -0.1) is 11.8 Å². The molecule has 0 radical (unpaired) electrons. The molecule has 2 atom stereocenters. The fourth-order valence-electron chi connectivity index (χ4n) is 3.32. The summed E-state index contributed by atoms with van der Waals surface area (Å²) in [5.41, 5.74) is 5.42. The van der Waals surface area contributed by atoms with E-state index in [-0.39, 0.29) is 23.0 Å². The Bertz CT molecular complexity index is 380. The van der Waals surface area contributed by atoms with Gasteiger partial charge < -0.3 is 10.6 Å². The number of piperidine rings is 1. The first kappa shape index (κ1) is 16.7. The highest BCUT2D eigenvalue weighted by atomic mass is 32.2. The van der Waals surface area contributed by atoms with Gasteiger partial charge in [-0.1, -0.05) is 26.7 Å². The molecule has 2 amide bonds. The van der Waals surface area contributed by atoms with Crippen molar-refractivity contribution in [3.05, 3.63) is 0 Å². The molecule has 0 aromatic heterocycles. The highest BCUT2D eigenvalue weighted by Gasteiger charge is 2.34. The number of thioether (sulfide) groups is 1. The quantitative estimate of drug-likeness (QED) is 0.848. The van der Waals surface area contributed by atoms with E-state index in [1.54, 1.807) is 0 Å². The zero-order valence-electron chi connectivity index (χ0n) is 13.2. The fourth-order valence-corrected chi connectivity index (χ4v) is 4.92. The number of nitrogens with zero attached hydrogens (tertiary/aromatic N) is 1. The van der Waals surface area contributed by atoms with Crippen LogP contribution in [0.25, 0.3) is 0 Å². The van der Waals surface area contributed by atoms with Gasteiger partial charge in [0, 0.05) is 18.3 Å². The summed E-state index contributed by atoms with van der Waals surface area (Å²) in [5.74, 6) is 0.119. The third kappa shape index (κ3) is 4.38. The van der Waals surface area contributed by atoms with Crippen molar-refractivity contribution in [3.63, 3.8) is 0 Å². The molecule has 4 nitrogen and oxygen atoms in total. The first-order valence-electron chi connectivity index (χ1n) is 8.22. The largest absolute Gasteiger partial charge is 0.369 e. The number of amides is 2. The van der Waals surface area contributed by atoms with Crippen LogP contribution in [0.15, 0.2) is 0 Å². The smallest absolute Gasteiger partial charge is 0.235 e. The summed E-state index contributed by atoms with van der Waals surface area (Å²) in [6.45, 7) is 5.54. The van der Waals surface area contributed by atoms with Crippen LogP contribution in [-0.4, -0.2) is 40.3 Å². The first-order valence-corrected chi connectivity index (χ1v) is 9.17. The third-order valence-corrected chi connectivity index (χ3v) is 6.52. The summed E-state index contributed by atoms with van der Waals surface area (Å²) in [6, 6.07) is 0. The molecule has 0 aromatic carbocycles. The molecule has 120 valence electrons. The van der Waals surface area contributed by atoms with Gasteiger partial charge in [0.15, 0.2) is 0 Å². The molecule has 1 heterocycles. The number of primary amides is 1. The number of hydrogen-bond donors (Lipinski definition) is 1. The fraction of sp³-hybridized carbons (Fsp3) is 0.875. The Balaban J connectivity index is 1.98. The van der Waals surface area contributed by atoms with Crippen LogP contribution in [0.2, 0.25) is 0 Å². The van der Waals surface area contributed by atoms with Crippen molar-refractivity contribution in [2.24, 2.45) is 17.6 Å². The summed E-state index contributed by atoms with van der Waals surface area (Å²) in [7, 11) is 0. The summed E-state index contributed by atoms with van der Waals surface area (Å²) in [4.78, 5) is 26.1. The number of hydrogen-bond acceptors (Lipinski definition) is 3. The van der Waals surface area contributed by atoms with E-state index in [1.165, 1.54) is 25.7 Å². The molecule has 0 spiro atoms. The molecule has 1 saturated heterocycles. The lowest BCUT2D eigenvalue weighted by Gasteiger charge is -2.35. The van der Waals surface area contributed by atoms with Crippen LogP contribution in [-0.2, 0) is 9.59 Å². The van der Waals surface area contributed by atoms with Crippen LogP contribution in [0.5, 0.6) is 0 Å². The van der Waals surface area contributed by atoms with Crippen LogP contribution >= 0.6 is 11.8 Å². The van der Waals surface area contributed by atoms with Gasteiger partial charge in [0.1, 0.15) is 0 Å². The maximum atomic E-state index is 12.8. The molecule has 1 saturated carbocycles. The average Bonchev–Trinajstić information content (AvgIpc) is 2.97. The Kier molecular flexibility index (Phi) is 5.97. The van der Waals surface area contributed by atoms with E-state index in [0.29, 0.717) is 17.7 Å². The van der Waals surface area contributed by atoms with Gasteiger partial charge in [-0.2, -0.15) is 0 Å². The Morgan fingerprint density at radius 1 is 1.14 bits per heavy atom. The predicted molar refractivity (Wildman–Crippen MR) is 87.0 cm³/mol. The van der Waals surface area contributed by atoms with Crippen LogP contribution < -0.4 is 5.73 Å². The van der Waals surface area contributed by atoms with Crippen LogP contribution in [0.3, 0.4) is 0 Å². The molecule has 1 aliphatic heterocycles. The first-order chi connectivity index (χ1) is 9.99. The number of rotatable bonds is 5. The van der Waals surface area contributed by atoms with Crippen LogP contribution in [0, 0.1) is 11.8 Å². The lowest BCUT2D eigenvalue weighted by molar-refractivity contribution is -0.135. The average molecular weight is 312 g/mol. The molecule has 21 heavy (non-hydrogen) atoms. The van der Waals surface area contributed by atoms with Gasteiger partial charge in [-0.25, -0.2) is 0 Å². The lowest BCUT2D eigenvalue weighted by Crippen LogP contribution is -2.48. The van der Waals surface area contributed by atoms with Gasteiger partial charge in [0.2, 0.25) is 11.8 Å². The lowest BCUT2D eigenvalue weighted by atomic mass is 9.96. The second-order valence-electron chi connectivity index (χ2n) is 6.73.